The molecule has 1 aromatic heterocycles. The molecule has 11 heteroatoms. The number of ether oxygens (including phenoxy) is 1. The molecule has 1 aromatic carbocycles. The van der Waals surface area contributed by atoms with Crippen LogP contribution < -0.4 is 10.5 Å². The molecule has 2 aliphatic rings. The SMILES string of the molecule is CN1CCN(C(=O)CCOC[C@@H]2c3ccccc3CN2c2cn[nH]c(=O)c2C(F)(F)F)CC1. The highest BCUT2D eigenvalue weighted by molar-refractivity contribution is 5.76. The van der Waals surface area contributed by atoms with E-state index in [1.807, 2.05) is 36.4 Å². The molecule has 3 heterocycles. The number of hydrogen-bond donors (Lipinski definition) is 1. The number of piperazine rings is 1. The van der Waals surface area contributed by atoms with E-state index in [-0.39, 0.29) is 37.8 Å². The number of carbonyl (C=O) groups is 1. The van der Waals surface area contributed by atoms with E-state index >= 15 is 0 Å². The van der Waals surface area contributed by atoms with Crippen LogP contribution in [0.1, 0.15) is 29.2 Å². The largest absolute Gasteiger partial charge is 0.423 e. The second kappa shape index (κ2) is 9.52. The first-order valence-corrected chi connectivity index (χ1v) is 10.8. The molecule has 178 valence electrons. The third kappa shape index (κ3) is 5.03. The number of aromatic nitrogens is 2. The van der Waals surface area contributed by atoms with Gasteiger partial charge in [0, 0.05) is 32.7 Å². The first-order valence-electron chi connectivity index (χ1n) is 10.8. The molecule has 0 aliphatic carbocycles. The monoisotopic (exact) mass is 465 g/mol. The molecular formula is C22H26F3N5O3. The Labute approximate surface area is 188 Å². The number of halogens is 3. The van der Waals surface area contributed by atoms with Crippen molar-refractivity contribution in [2.24, 2.45) is 0 Å². The van der Waals surface area contributed by atoms with Crippen LogP contribution in [0.3, 0.4) is 0 Å². The number of alkyl halides is 3. The number of likely N-dealkylation sites (N-methyl/N-ethyl adjacent to an activating group) is 1. The van der Waals surface area contributed by atoms with Gasteiger partial charge in [0.15, 0.2) is 0 Å². The van der Waals surface area contributed by atoms with Gasteiger partial charge >= 0.3 is 6.18 Å². The highest BCUT2D eigenvalue weighted by atomic mass is 19.4. The molecule has 2 aliphatic heterocycles. The summed E-state index contributed by atoms with van der Waals surface area (Å²) in [7, 11) is 2.01. The molecule has 1 fully saturated rings. The molecule has 2 aromatic rings. The zero-order valence-corrected chi connectivity index (χ0v) is 18.3. The number of aromatic amines is 1. The Hall–Kier alpha value is -2.92. The number of carbonyl (C=O) groups excluding carboxylic acids is 1. The van der Waals surface area contributed by atoms with Crippen LogP contribution in [0, 0.1) is 0 Å². The van der Waals surface area contributed by atoms with Crippen LogP contribution in [0.15, 0.2) is 35.3 Å². The first kappa shape index (κ1) is 23.2. The minimum absolute atomic E-state index is 0.00456. The molecule has 33 heavy (non-hydrogen) atoms. The van der Waals surface area contributed by atoms with Crippen LogP contribution in [-0.4, -0.2) is 72.3 Å². The van der Waals surface area contributed by atoms with Gasteiger partial charge in [-0.2, -0.15) is 18.3 Å². The molecule has 1 saturated heterocycles. The molecule has 1 atom stereocenters. The quantitative estimate of drug-likeness (QED) is 0.658. The van der Waals surface area contributed by atoms with Gasteiger partial charge in [0.2, 0.25) is 5.91 Å². The average Bonchev–Trinajstić information content (AvgIpc) is 3.14. The molecule has 1 amide bonds. The van der Waals surface area contributed by atoms with Gasteiger partial charge in [-0.1, -0.05) is 24.3 Å². The Morgan fingerprint density at radius 2 is 1.94 bits per heavy atom. The number of anilines is 1. The molecule has 1 N–H and O–H groups in total. The maximum atomic E-state index is 13.7. The van der Waals surface area contributed by atoms with E-state index in [4.69, 9.17) is 4.74 Å². The van der Waals surface area contributed by atoms with Crippen molar-refractivity contribution in [3.8, 4) is 0 Å². The van der Waals surface area contributed by atoms with Crippen molar-refractivity contribution in [2.75, 3.05) is 51.3 Å². The fraction of sp³-hybridized carbons (Fsp3) is 0.500. The third-order valence-corrected chi connectivity index (χ3v) is 6.15. The molecule has 0 bridgehead atoms. The lowest BCUT2D eigenvalue weighted by atomic mass is 10.1. The zero-order valence-electron chi connectivity index (χ0n) is 18.3. The summed E-state index contributed by atoms with van der Waals surface area (Å²) in [5.41, 5.74) is -1.16. The summed E-state index contributed by atoms with van der Waals surface area (Å²) in [4.78, 5) is 29.9. The van der Waals surface area contributed by atoms with Crippen LogP contribution >= 0.6 is 0 Å². The molecule has 0 radical (unpaired) electrons. The summed E-state index contributed by atoms with van der Waals surface area (Å²) in [5.74, 6) is 0.00456. The first-order chi connectivity index (χ1) is 15.8. The van der Waals surface area contributed by atoms with E-state index in [0.717, 1.165) is 30.4 Å². The van der Waals surface area contributed by atoms with Crippen molar-refractivity contribution in [1.82, 2.24) is 20.0 Å². The molecule has 0 spiro atoms. The van der Waals surface area contributed by atoms with E-state index in [9.17, 15) is 22.8 Å². The maximum absolute atomic E-state index is 13.7. The molecule has 0 saturated carbocycles. The number of H-pyrrole nitrogens is 1. The van der Waals surface area contributed by atoms with Crippen LogP contribution in [0.4, 0.5) is 18.9 Å². The topological polar surface area (TPSA) is 81.8 Å². The predicted octanol–water partition coefficient (Wildman–Crippen LogP) is 2.03. The maximum Gasteiger partial charge on any atom is 0.423 e. The smallest absolute Gasteiger partial charge is 0.378 e. The highest BCUT2D eigenvalue weighted by Gasteiger charge is 2.41. The second-order valence-corrected chi connectivity index (χ2v) is 8.31. The van der Waals surface area contributed by atoms with Gasteiger partial charge < -0.3 is 19.4 Å². The van der Waals surface area contributed by atoms with E-state index in [2.05, 4.69) is 10.00 Å². The number of nitrogens with one attached hydrogen (secondary N) is 1. The van der Waals surface area contributed by atoms with Crippen molar-refractivity contribution in [1.29, 1.82) is 0 Å². The standard InChI is InChI=1S/C22H26F3N5O3/c1-28-7-9-29(10-8-28)19(31)6-11-33-14-18-16-5-3-2-4-15(16)13-30(18)17-12-26-27-21(32)20(17)22(23,24)25/h2-5,12,18H,6-11,13-14H2,1H3,(H,27,32)/t18-/m1/s1. The Morgan fingerprint density at radius 1 is 1.21 bits per heavy atom. The predicted molar refractivity (Wildman–Crippen MR) is 115 cm³/mol. The van der Waals surface area contributed by atoms with Gasteiger partial charge in [-0.25, -0.2) is 5.10 Å². The van der Waals surface area contributed by atoms with Crippen LogP contribution in [0.2, 0.25) is 0 Å². The Morgan fingerprint density at radius 3 is 2.67 bits per heavy atom. The van der Waals surface area contributed by atoms with Crippen molar-refractivity contribution >= 4 is 11.6 Å². The van der Waals surface area contributed by atoms with Gasteiger partial charge in [0.1, 0.15) is 5.56 Å². The minimum atomic E-state index is -4.83. The number of nitrogens with zero attached hydrogens (tertiary/aromatic N) is 4. The van der Waals surface area contributed by atoms with Gasteiger partial charge in [-0.3, -0.25) is 9.59 Å². The summed E-state index contributed by atoms with van der Waals surface area (Å²) in [6.45, 7) is 3.44. The summed E-state index contributed by atoms with van der Waals surface area (Å²) < 4.78 is 46.8. The average molecular weight is 465 g/mol. The van der Waals surface area contributed by atoms with Crippen molar-refractivity contribution in [3.05, 3.63) is 57.5 Å². The van der Waals surface area contributed by atoms with Crippen molar-refractivity contribution in [3.63, 3.8) is 0 Å². The van der Waals surface area contributed by atoms with Crippen LogP contribution in [-0.2, 0) is 22.3 Å². The summed E-state index contributed by atoms with van der Waals surface area (Å²) in [6.07, 6.45) is -3.60. The van der Waals surface area contributed by atoms with Gasteiger partial charge in [0.25, 0.3) is 5.56 Å². The molecular weight excluding hydrogens is 439 g/mol. The van der Waals surface area contributed by atoms with Gasteiger partial charge in [0.05, 0.1) is 37.6 Å². The van der Waals surface area contributed by atoms with E-state index in [1.54, 1.807) is 4.90 Å². The van der Waals surface area contributed by atoms with Crippen molar-refractivity contribution in [2.45, 2.75) is 25.2 Å². The summed E-state index contributed by atoms with van der Waals surface area (Å²) >= 11 is 0. The number of rotatable bonds is 6. The number of amides is 1. The lowest BCUT2D eigenvalue weighted by molar-refractivity contribution is -0.138. The van der Waals surface area contributed by atoms with Crippen molar-refractivity contribution < 1.29 is 22.7 Å². The van der Waals surface area contributed by atoms with Gasteiger partial charge in [-0.05, 0) is 18.2 Å². The van der Waals surface area contributed by atoms with Crippen LogP contribution in [0.5, 0.6) is 0 Å². The Balaban J connectivity index is 1.47. The van der Waals surface area contributed by atoms with Gasteiger partial charge in [-0.15, -0.1) is 0 Å². The zero-order chi connectivity index (χ0) is 23.6. The number of hydrogen-bond acceptors (Lipinski definition) is 6. The number of fused-ring (bicyclic) bond motifs is 1. The van der Waals surface area contributed by atoms with E-state index in [1.165, 1.54) is 4.90 Å². The third-order valence-electron chi connectivity index (χ3n) is 6.15. The molecule has 8 nitrogen and oxygen atoms in total. The van der Waals surface area contributed by atoms with E-state index < -0.39 is 23.3 Å². The van der Waals surface area contributed by atoms with Crippen LogP contribution in [0.25, 0.3) is 0 Å². The molecule has 4 rings (SSSR count). The summed E-state index contributed by atoms with van der Waals surface area (Å²) in [6, 6.07) is 6.77. The Bertz CT molecular complexity index is 1050. The minimum Gasteiger partial charge on any atom is -0.378 e. The van der Waals surface area contributed by atoms with E-state index in [0.29, 0.717) is 13.1 Å². The fourth-order valence-corrected chi connectivity index (χ4v) is 4.35. The second-order valence-electron chi connectivity index (χ2n) is 8.31. The lowest BCUT2D eigenvalue weighted by Gasteiger charge is -2.32. The normalized spacial score (nSPS) is 19.1. The highest BCUT2D eigenvalue weighted by Crippen LogP contribution is 2.42. The summed E-state index contributed by atoms with van der Waals surface area (Å²) in [5, 5.41) is 5.48. The number of benzene rings is 1. The fourth-order valence-electron chi connectivity index (χ4n) is 4.35. The Kier molecular flexibility index (Phi) is 6.71. The molecule has 0 unspecified atom stereocenters. The lowest BCUT2D eigenvalue weighted by Crippen LogP contribution is -2.47.